The van der Waals surface area contributed by atoms with Crippen LogP contribution in [-0.2, 0) is 11.2 Å². The highest BCUT2D eigenvalue weighted by atomic mass is 19.1. The molecule has 0 aliphatic rings. The van der Waals surface area contributed by atoms with Crippen molar-refractivity contribution < 1.29 is 14.0 Å². The van der Waals surface area contributed by atoms with Crippen LogP contribution in [0.25, 0.3) is 0 Å². The number of aromatic nitrogens is 2. The molecule has 1 aromatic heterocycles. The molecule has 1 N–H and O–H groups in total. The summed E-state index contributed by atoms with van der Waals surface area (Å²) in [6, 6.07) is 5.30. The maximum atomic E-state index is 12.8. The SMILES string of the molecule is O=C(CCC(=O)c1ccc(F)cc1)NCCc1cnccn1. The molecule has 0 aliphatic heterocycles. The van der Waals surface area contributed by atoms with E-state index in [-0.39, 0.29) is 24.5 Å². The van der Waals surface area contributed by atoms with E-state index in [0.29, 0.717) is 18.5 Å². The number of rotatable bonds is 7. The van der Waals surface area contributed by atoms with Gasteiger partial charge in [0.05, 0.1) is 5.69 Å². The lowest BCUT2D eigenvalue weighted by molar-refractivity contribution is -0.121. The number of carbonyl (C=O) groups is 2. The third-order valence-corrected chi connectivity index (χ3v) is 3.07. The Bertz CT molecular complexity index is 630. The molecule has 0 unspecified atom stereocenters. The molecule has 22 heavy (non-hydrogen) atoms. The van der Waals surface area contributed by atoms with Crippen LogP contribution >= 0.6 is 0 Å². The predicted octanol–water partition coefficient (Wildman–Crippen LogP) is 1.94. The fourth-order valence-electron chi connectivity index (χ4n) is 1.88. The van der Waals surface area contributed by atoms with Gasteiger partial charge in [-0.1, -0.05) is 0 Å². The number of hydrogen-bond acceptors (Lipinski definition) is 4. The number of halogens is 1. The first-order chi connectivity index (χ1) is 10.6. The molecule has 0 radical (unpaired) electrons. The van der Waals surface area contributed by atoms with Gasteiger partial charge in [-0.2, -0.15) is 0 Å². The van der Waals surface area contributed by atoms with Crippen LogP contribution in [0.1, 0.15) is 28.9 Å². The van der Waals surface area contributed by atoms with Gasteiger partial charge in [-0.05, 0) is 24.3 Å². The molecule has 0 saturated carbocycles. The molecule has 1 heterocycles. The quantitative estimate of drug-likeness (QED) is 0.793. The summed E-state index contributed by atoms with van der Waals surface area (Å²) in [4.78, 5) is 31.5. The van der Waals surface area contributed by atoms with Crippen molar-refractivity contribution in [2.24, 2.45) is 0 Å². The minimum absolute atomic E-state index is 0.0998. The Morgan fingerprint density at radius 1 is 1.09 bits per heavy atom. The number of carbonyl (C=O) groups excluding carboxylic acids is 2. The van der Waals surface area contributed by atoms with Crippen LogP contribution in [0.2, 0.25) is 0 Å². The van der Waals surface area contributed by atoms with Crippen molar-refractivity contribution >= 4 is 11.7 Å². The van der Waals surface area contributed by atoms with Crippen molar-refractivity contribution in [3.05, 3.63) is 59.9 Å². The van der Waals surface area contributed by atoms with Gasteiger partial charge in [-0.15, -0.1) is 0 Å². The average molecular weight is 301 g/mol. The Labute approximate surface area is 127 Å². The van der Waals surface area contributed by atoms with Gasteiger partial charge in [0.2, 0.25) is 5.91 Å². The van der Waals surface area contributed by atoms with E-state index in [4.69, 9.17) is 0 Å². The molecule has 2 rings (SSSR count). The fourth-order valence-corrected chi connectivity index (χ4v) is 1.88. The highest BCUT2D eigenvalue weighted by molar-refractivity contribution is 5.97. The maximum absolute atomic E-state index is 12.8. The van der Waals surface area contributed by atoms with Gasteiger partial charge in [-0.3, -0.25) is 19.6 Å². The molecule has 1 amide bonds. The fraction of sp³-hybridized carbons (Fsp3) is 0.250. The van der Waals surface area contributed by atoms with E-state index < -0.39 is 5.82 Å². The first-order valence-corrected chi connectivity index (χ1v) is 6.95. The number of benzene rings is 1. The summed E-state index contributed by atoms with van der Waals surface area (Å²) in [5.74, 6) is -0.762. The molecular formula is C16H16FN3O2. The Morgan fingerprint density at radius 2 is 1.86 bits per heavy atom. The van der Waals surface area contributed by atoms with Crippen LogP contribution in [0, 0.1) is 5.82 Å². The number of Topliss-reactive ketones (excluding diaryl/α,β-unsaturated/α-hetero) is 1. The summed E-state index contributed by atoms with van der Waals surface area (Å²) in [7, 11) is 0. The second-order valence-corrected chi connectivity index (χ2v) is 4.73. The van der Waals surface area contributed by atoms with Crippen LogP contribution in [0.15, 0.2) is 42.9 Å². The van der Waals surface area contributed by atoms with E-state index in [2.05, 4.69) is 15.3 Å². The summed E-state index contributed by atoms with van der Waals surface area (Å²) in [6.45, 7) is 0.447. The highest BCUT2D eigenvalue weighted by Gasteiger charge is 2.09. The van der Waals surface area contributed by atoms with E-state index in [9.17, 15) is 14.0 Å². The number of amides is 1. The Kier molecular flexibility index (Phi) is 5.71. The molecule has 0 fully saturated rings. The standard InChI is InChI=1S/C16H16FN3O2/c17-13-3-1-12(2-4-13)15(21)5-6-16(22)20-8-7-14-11-18-9-10-19-14/h1-4,9-11H,5-8H2,(H,20,22). The average Bonchev–Trinajstić information content (AvgIpc) is 2.54. The number of nitrogens with zero attached hydrogens (tertiary/aromatic N) is 2. The lowest BCUT2D eigenvalue weighted by Crippen LogP contribution is -2.26. The summed E-state index contributed by atoms with van der Waals surface area (Å²) >= 11 is 0. The van der Waals surface area contributed by atoms with Gasteiger partial charge < -0.3 is 5.32 Å². The summed E-state index contributed by atoms with van der Waals surface area (Å²) in [5.41, 5.74) is 1.21. The lowest BCUT2D eigenvalue weighted by Gasteiger charge is -2.05. The topological polar surface area (TPSA) is 72.0 Å². The van der Waals surface area contributed by atoms with Crippen molar-refractivity contribution in [1.29, 1.82) is 0 Å². The summed E-state index contributed by atoms with van der Waals surface area (Å²) in [5, 5.41) is 2.73. The molecule has 0 aliphatic carbocycles. The molecule has 0 saturated heterocycles. The van der Waals surface area contributed by atoms with Crippen molar-refractivity contribution in [3.8, 4) is 0 Å². The zero-order chi connectivity index (χ0) is 15.8. The summed E-state index contributed by atoms with van der Waals surface area (Å²) in [6.07, 6.45) is 5.62. The van der Waals surface area contributed by atoms with Crippen molar-refractivity contribution in [2.45, 2.75) is 19.3 Å². The van der Waals surface area contributed by atoms with Gasteiger partial charge in [0, 0.05) is 50.0 Å². The molecule has 6 heteroatoms. The van der Waals surface area contributed by atoms with Crippen molar-refractivity contribution in [3.63, 3.8) is 0 Å². The molecule has 114 valence electrons. The molecule has 0 bridgehead atoms. The summed E-state index contributed by atoms with van der Waals surface area (Å²) < 4.78 is 12.8. The molecular weight excluding hydrogens is 285 g/mol. The van der Waals surface area contributed by atoms with Gasteiger partial charge in [0.1, 0.15) is 5.82 Å². The normalized spacial score (nSPS) is 10.2. The second-order valence-electron chi connectivity index (χ2n) is 4.73. The van der Waals surface area contributed by atoms with Gasteiger partial charge in [-0.25, -0.2) is 4.39 Å². The van der Waals surface area contributed by atoms with Crippen LogP contribution < -0.4 is 5.32 Å². The zero-order valence-electron chi connectivity index (χ0n) is 12.0. The minimum Gasteiger partial charge on any atom is -0.356 e. The van der Waals surface area contributed by atoms with Crippen molar-refractivity contribution in [1.82, 2.24) is 15.3 Å². The zero-order valence-corrected chi connectivity index (χ0v) is 12.0. The van der Waals surface area contributed by atoms with Crippen molar-refractivity contribution in [2.75, 3.05) is 6.54 Å². The number of hydrogen-bond donors (Lipinski definition) is 1. The van der Waals surface area contributed by atoms with E-state index in [0.717, 1.165) is 5.69 Å². The van der Waals surface area contributed by atoms with E-state index in [1.807, 2.05) is 0 Å². The molecule has 2 aromatic rings. The highest BCUT2D eigenvalue weighted by Crippen LogP contribution is 2.07. The first kappa shape index (κ1) is 15.8. The van der Waals surface area contributed by atoms with Gasteiger partial charge in [0.25, 0.3) is 0 Å². The minimum atomic E-state index is -0.390. The lowest BCUT2D eigenvalue weighted by atomic mass is 10.1. The first-order valence-electron chi connectivity index (χ1n) is 6.95. The molecule has 0 spiro atoms. The molecule has 1 aromatic carbocycles. The number of ketones is 1. The van der Waals surface area contributed by atoms with E-state index in [1.54, 1.807) is 18.6 Å². The smallest absolute Gasteiger partial charge is 0.220 e. The van der Waals surface area contributed by atoms with Crippen LogP contribution in [0.5, 0.6) is 0 Å². The second kappa shape index (κ2) is 7.97. The monoisotopic (exact) mass is 301 g/mol. The predicted molar refractivity (Wildman–Crippen MR) is 78.7 cm³/mol. The van der Waals surface area contributed by atoms with Gasteiger partial charge in [0.15, 0.2) is 5.78 Å². The third-order valence-electron chi connectivity index (χ3n) is 3.07. The Morgan fingerprint density at radius 3 is 2.55 bits per heavy atom. The van der Waals surface area contributed by atoms with E-state index >= 15 is 0 Å². The largest absolute Gasteiger partial charge is 0.356 e. The van der Waals surface area contributed by atoms with Gasteiger partial charge >= 0.3 is 0 Å². The van der Waals surface area contributed by atoms with E-state index in [1.165, 1.54) is 24.3 Å². The van der Waals surface area contributed by atoms with Crippen LogP contribution in [0.4, 0.5) is 4.39 Å². The number of nitrogens with one attached hydrogen (secondary N) is 1. The third kappa shape index (κ3) is 5.05. The van der Waals surface area contributed by atoms with Crippen LogP contribution in [0.3, 0.4) is 0 Å². The molecule has 5 nitrogen and oxygen atoms in total. The van der Waals surface area contributed by atoms with Crippen LogP contribution in [-0.4, -0.2) is 28.2 Å². The Hall–Kier alpha value is -2.63. The maximum Gasteiger partial charge on any atom is 0.220 e. The Balaban J connectivity index is 1.69. The molecule has 0 atom stereocenters.